The summed E-state index contributed by atoms with van der Waals surface area (Å²) in [5.41, 5.74) is 0. The molecular formula is C10H8N2O3. The summed E-state index contributed by atoms with van der Waals surface area (Å²) in [4.78, 5) is 7.64. The molecule has 0 unspecified atom stereocenters. The number of nitrogens with zero attached hydrogens (tertiary/aromatic N) is 2. The van der Waals surface area contributed by atoms with Gasteiger partial charge < -0.3 is 14.9 Å². The molecule has 0 aliphatic carbocycles. The van der Waals surface area contributed by atoms with E-state index in [0.29, 0.717) is 11.8 Å². The van der Waals surface area contributed by atoms with Crippen molar-refractivity contribution in [2.75, 3.05) is 0 Å². The molecule has 0 radical (unpaired) electrons. The minimum atomic E-state index is 0.0704. The SMILES string of the molecule is Oc1ccc(Oc2ccc(O)cn2)nc1. The molecule has 0 saturated carbocycles. The van der Waals surface area contributed by atoms with Gasteiger partial charge in [-0.2, -0.15) is 0 Å². The van der Waals surface area contributed by atoms with E-state index in [2.05, 4.69) is 9.97 Å². The molecule has 0 aromatic carbocycles. The van der Waals surface area contributed by atoms with Crippen LogP contribution in [0.4, 0.5) is 0 Å². The summed E-state index contributed by atoms with van der Waals surface area (Å²) in [5, 5.41) is 18.0. The lowest BCUT2D eigenvalue weighted by Gasteiger charge is -2.02. The fraction of sp³-hybridized carbons (Fsp3) is 0. The van der Waals surface area contributed by atoms with Gasteiger partial charge in [-0.1, -0.05) is 0 Å². The minimum Gasteiger partial charge on any atom is -0.506 e. The van der Waals surface area contributed by atoms with Gasteiger partial charge in [-0.05, 0) is 12.1 Å². The van der Waals surface area contributed by atoms with Crippen LogP contribution in [-0.2, 0) is 0 Å². The number of hydrogen-bond donors (Lipinski definition) is 2. The third-order valence-electron chi connectivity index (χ3n) is 1.65. The van der Waals surface area contributed by atoms with E-state index in [1.165, 1.54) is 36.7 Å². The van der Waals surface area contributed by atoms with E-state index in [1.807, 2.05) is 0 Å². The molecular weight excluding hydrogens is 196 g/mol. The van der Waals surface area contributed by atoms with Gasteiger partial charge in [0.25, 0.3) is 0 Å². The summed E-state index contributed by atoms with van der Waals surface area (Å²) < 4.78 is 5.24. The predicted octanol–water partition coefficient (Wildman–Crippen LogP) is 1.68. The number of hydrogen-bond acceptors (Lipinski definition) is 5. The number of pyridine rings is 2. The van der Waals surface area contributed by atoms with E-state index in [0.717, 1.165) is 0 Å². The average Bonchev–Trinajstić information content (AvgIpc) is 2.25. The monoisotopic (exact) mass is 204 g/mol. The van der Waals surface area contributed by atoms with Crippen LogP contribution in [0.3, 0.4) is 0 Å². The summed E-state index contributed by atoms with van der Waals surface area (Å²) in [6.45, 7) is 0. The Kier molecular flexibility index (Phi) is 2.37. The summed E-state index contributed by atoms with van der Waals surface area (Å²) in [6.07, 6.45) is 2.55. The van der Waals surface area contributed by atoms with Gasteiger partial charge in [0.1, 0.15) is 11.5 Å². The Labute approximate surface area is 85.6 Å². The molecule has 0 saturated heterocycles. The van der Waals surface area contributed by atoms with Gasteiger partial charge in [0.2, 0.25) is 11.8 Å². The van der Waals surface area contributed by atoms with Gasteiger partial charge in [0.15, 0.2) is 0 Å². The van der Waals surface area contributed by atoms with Crippen LogP contribution in [0.1, 0.15) is 0 Å². The van der Waals surface area contributed by atoms with Gasteiger partial charge in [-0.15, -0.1) is 0 Å². The Morgan fingerprint density at radius 1 is 0.800 bits per heavy atom. The zero-order valence-corrected chi connectivity index (χ0v) is 7.66. The second kappa shape index (κ2) is 3.83. The number of rotatable bonds is 2. The molecule has 0 aliphatic rings. The van der Waals surface area contributed by atoms with Crippen molar-refractivity contribution in [3.8, 4) is 23.3 Å². The maximum Gasteiger partial charge on any atom is 0.221 e. The smallest absolute Gasteiger partial charge is 0.221 e. The Bertz CT molecular complexity index is 396. The Balaban J connectivity index is 2.15. The molecule has 15 heavy (non-hydrogen) atoms. The van der Waals surface area contributed by atoms with E-state index < -0.39 is 0 Å². The lowest BCUT2D eigenvalue weighted by Crippen LogP contribution is -1.88. The summed E-state index contributed by atoms with van der Waals surface area (Å²) >= 11 is 0. The molecule has 2 heterocycles. The highest BCUT2D eigenvalue weighted by Crippen LogP contribution is 2.19. The maximum atomic E-state index is 8.99. The maximum absolute atomic E-state index is 8.99. The van der Waals surface area contributed by atoms with E-state index in [4.69, 9.17) is 14.9 Å². The second-order valence-electron chi connectivity index (χ2n) is 2.81. The van der Waals surface area contributed by atoms with Gasteiger partial charge in [-0.25, -0.2) is 9.97 Å². The fourth-order valence-corrected chi connectivity index (χ4v) is 0.973. The molecule has 2 aromatic rings. The highest BCUT2D eigenvalue weighted by atomic mass is 16.5. The van der Waals surface area contributed by atoms with Crippen molar-refractivity contribution in [2.45, 2.75) is 0 Å². The van der Waals surface area contributed by atoms with Crippen molar-refractivity contribution in [3.63, 3.8) is 0 Å². The van der Waals surface area contributed by atoms with Gasteiger partial charge in [-0.3, -0.25) is 0 Å². The van der Waals surface area contributed by atoms with Crippen LogP contribution in [0, 0.1) is 0 Å². The largest absolute Gasteiger partial charge is 0.506 e. The summed E-state index contributed by atoms with van der Waals surface area (Å²) in [5.74, 6) is 0.791. The normalized spacial score (nSPS) is 9.87. The predicted molar refractivity (Wildman–Crippen MR) is 51.9 cm³/mol. The molecule has 76 valence electrons. The highest BCUT2D eigenvalue weighted by molar-refractivity contribution is 5.27. The molecule has 0 spiro atoms. The molecule has 0 aliphatic heterocycles. The Morgan fingerprint density at radius 3 is 1.60 bits per heavy atom. The molecule has 0 atom stereocenters. The van der Waals surface area contributed by atoms with Crippen LogP contribution in [0.15, 0.2) is 36.7 Å². The molecule has 5 nitrogen and oxygen atoms in total. The lowest BCUT2D eigenvalue weighted by atomic mass is 10.4. The molecule has 2 aromatic heterocycles. The lowest BCUT2D eigenvalue weighted by molar-refractivity contribution is 0.429. The van der Waals surface area contributed by atoms with E-state index >= 15 is 0 Å². The number of aromatic hydroxyl groups is 2. The minimum absolute atomic E-state index is 0.0704. The van der Waals surface area contributed by atoms with Gasteiger partial charge in [0, 0.05) is 12.1 Å². The first kappa shape index (κ1) is 9.26. The van der Waals surface area contributed by atoms with Gasteiger partial charge >= 0.3 is 0 Å². The fourth-order valence-electron chi connectivity index (χ4n) is 0.973. The van der Waals surface area contributed by atoms with E-state index in [-0.39, 0.29) is 11.5 Å². The number of aromatic nitrogens is 2. The molecule has 2 rings (SSSR count). The third-order valence-corrected chi connectivity index (χ3v) is 1.65. The average molecular weight is 204 g/mol. The Morgan fingerprint density at radius 2 is 1.27 bits per heavy atom. The zero-order valence-electron chi connectivity index (χ0n) is 7.66. The van der Waals surface area contributed by atoms with Crippen molar-refractivity contribution in [3.05, 3.63) is 36.7 Å². The standard InChI is InChI=1S/C10H8N2O3/c13-7-1-3-9(11-5-7)15-10-4-2-8(14)6-12-10/h1-6,13-14H. The molecule has 0 amide bonds. The summed E-state index contributed by atoms with van der Waals surface area (Å²) in [7, 11) is 0. The summed E-state index contributed by atoms with van der Waals surface area (Å²) in [6, 6.07) is 5.96. The van der Waals surface area contributed by atoms with Gasteiger partial charge in [0.05, 0.1) is 12.4 Å². The van der Waals surface area contributed by atoms with Crippen LogP contribution >= 0.6 is 0 Å². The number of ether oxygens (including phenoxy) is 1. The first-order valence-corrected chi connectivity index (χ1v) is 4.22. The van der Waals surface area contributed by atoms with Crippen molar-refractivity contribution in [1.29, 1.82) is 0 Å². The molecule has 5 heteroatoms. The van der Waals surface area contributed by atoms with Crippen molar-refractivity contribution < 1.29 is 14.9 Å². The van der Waals surface area contributed by atoms with Crippen LogP contribution in [0.2, 0.25) is 0 Å². The van der Waals surface area contributed by atoms with E-state index in [9.17, 15) is 0 Å². The second-order valence-corrected chi connectivity index (χ2v) is 2.81. The first-order valence-electron chi connectivity index (χ1n) is 4.22. The molecule has 0 fully saturated rings. The third kappa shape index (κ3) is 2.34. The Hall–Kier alpha value is -2.30. The van der Waals surface area contributed by atoms with Crippen LogP contribution in [0.25, 0.3) is 0 Å². The van der Waals surface area contributed by atoms with Crippen molar-refractivity contribution >= 4 is 0 Å². The van der Waals surface area contributed by atoms with Crippen LogP contribution < -0.4 is 4.74 Å². The quantitative estimate of drug-likeness (QED) is 0.778. The van der Waals surface area contributed by atoms with E-state index in [1.54, 1.807) is 0 Å². The zero-order chi connectivity index (χ0) is 10.7. The van der Waals surface area contributed by atoms with Crippen molar-refractivity contribution in [1.82, 2.24) is 9.97 Å². The van der Waals surface area contributed by atoms with Crippen LogP contribution in [-0.4, -0.2) is 20.2 Å². The molecule has 2 N–H and O–H groups in total. The topological polar surface area (TPSA) is 75.5 Å². The van der Waals surface area contributed by atoms with Crippen LogP contribution in [0.5, 0.6) is 23.3 Å². The first-order chi connectivity index (χ1) is 7.24. The van der Waals surface area contributed by atoms with Crippen molar-refractivity contribution in [2.24, 2.45) is 0 Å². The molecule has 0 bridgehead atoms. The highest BCUT2D eigenvalue weighted by Gasteiger charge is 1.99.